The topological polar surface area (TPSA) is 64.7 Å². The van der Waals surface area contributed by atoms with Gasteiger partial charge in [-0.15, -0.1) is 11.8 Å². The molecule has 0 unspecified atom stereocenters. The smallest absolute Gasteiger partial charge is 0.223 e. The Labute approximate surface area is 108 Å². The predicted octanol–water partition coefficient (Wildman–Crippen LogP) is 2.78. The number of nitrogen functional groups attached to an aromatic ring is 1. The summed E-state index contributed by atoms with van der Waals surface area (Å²) in [4.78, 5) is 12.9. The van der Waals surface area contributed by atoms with Crippen LogP contribution in [0.25, 0.3) is 0 Å². The van der Waals surface area contributed by atoms with Gasteiger partial charge in [0, 0.05) is 10.2 Å². The Kier molecular flexibility index (Phi) is 4.02. The SMILES string of the molecule is CC(C)(C)SCc1nc(N)nc(C(C)(C)C)n1. The average molecular weight is 254 g/mol. The number of nitrogens with two attached hydrogens (primary N) is 1. The van der Waals surface area contributed by atoms with Gasteiger partial charge in [-0.1, -0.05) is 41.5 Å². The molecule has 5 heteroatoms. The Balaban J connectivity index is 2.91. The molecule has 0 aliphatic rings. The van der Waals surface area contributed by atoms with E-state index in [0.29, 0.717) is 5.95 Å². The number of anilines is 1. The van der Waals surface area contributed by atoms with E-state index in [2.05, 4.69) is 56.5 Å². The molecule has 0 spiro atoms. The number of nitrogens with zero attached hydrogens (tertiary/aromatic N) is 3. The van der Waals surface area contributed by atoms with Gasteiger partial charge in [-0.25, -0.2) is 4.98 Å². The Morgan fingerprint density at radius 2 is 1.59 bits per heavy atom. The molecule has 0 aliphatic heterocycles. The highest BCUT2D eigenvalue weighted by molar-refractivity contribution is 7.99. The van der Waals surface area contributed by atoms with E-state index in [9.17, 15) is 0 Å². The zero-order valence-corrected chi connectivity index (χ0v) is 12.4. The van der Waals surface area contributed by atoms with Crippen molar-refractivity contribution in [1.29, 1.82) is 0 Å². The van der Waals surface area contributed by atoms with Crippen LogP contribution in [-0.4, -0.2) is 19.7 Å². The molecule has 4 nitrogen and oxygen atoms in total. The van der Waals surface area contributed by atoms with Gasteiger partial charge >= 0.3 is 0 Å². The van der Waals surface area contributed by atoms with E-state index < -0.39 is 0 Å². The van der Waals surface area contributed by atoms with Crippen molar-refractivity contribution in [2.75, 3.05) is 5.73 Å². The molecule has 0 bridgehead atoms. The maximum Gasteiger partial charge on any atom is 0.223 e. The molecular formula is C12H22N4S. The highest BCUT2D eigenvalue weighted by Gasteiger charge is 2.20. The van der Waals surface area contributed by atoms with E-state index >= 15 is 0 Å². The van der Waals surface area contributed by atoms with E-state index in [4.69, 9.17) is 5.73 Å². The quantitative estimate of drug-likeness (QED) is 0.879. The lowest BCUT2D eigenvalue weighted by molar-refractivity contribution is 0.539. The van der Waals surface area contributed by atoms with E-state index in [-0.39, 0.29) is 10.2 Å². The number of aromatic nitrogens is 3. The van der Waals surface area contributed by atoms with Crippen LogP contribution in [-0.2, 0) is 11.2 Å². The zero-order valence-electron chi connectivity index (χ0n) is 11.5. The second-order valence-corrected chi connectivity index (χ2v) is 7.89. The van der Waals surface area contributed by atoms with Gasteiger partial charge in [-0.3, -0.25) is 0 Å². The summed E-state index contributed by atoms with van der Waals surface area (Å²) in [6, 6.07) is 0. The first-order valence-electron chi connectivity index (χ1n) is 5.73. The van der Waals surface area contributed by atoms with Gasteiger partial charge in [0.15, 0.2) is 0 Å². The van der Waals surface area contributed by atoms with E-state index in [1.807, 2.05) is 0 Å². The molecule has 0 aliphatic carbocycles. The predicted molar refractivity (Wildman–Crippen MR) is 74.0 cm³/mol. The van der Waals surface area contributed by atoms with Crippen molar-refractivity contribution in [1.82, 2.24) is 15.0 Å². The zero-order chi connectivity index (χ0) is 13.3. The molecule has 0 atom stereocenters. The molecule has 0 saturated carbocycles. The molecular weight excluding hydrogens is 232 g/mol. The summed E-state index contributed by atoms with van der Waals surface area (Å²) in [5.74, 6) is 2.60. The van der Waals surface area contributed by atoms with Crippen molar-refractivity contribution in [3.8, 4) is 0 Å². The highest BCUT2D eigenvalue weighted by Crippen LogP contribution is 2.27. The number of rotatable bonds is 2. The first-order valence-corrected chi connectivity index (χ1v) is 6.71. The lowest BCUT2D eigenvalue weighted by Gasteiger charge is -2.19. The fourth-order valence-electron chi connectivity index (χ4n) is 1.12. The van der Waals surface area contributed by atoms with Gasteiger partial charge in [-0.2, -0.15) is 9.97 Å². The lowest BCUT2D eigenvalue weighted by atomic mass is 9.96. The Hall–Kier alpha value is -0.840. The van der Waals surface area contributed by atoms with Crippen molar-refractivity contribution in [3.05, 3.63) is 11.6 Å². The van der Waals surface area contributed by atoms with Crippen molar-refractivity contribution >= 4 is 17.7 Å². The van der Waals surface area contributed by atoms with Gasteiger partial charge < -0.3 is 5.73 Å². The molecule has 1 rings (SSSR count). The number of thioether (sulfide) groups is 1. The highest BCUT2D eigenvalue weighted by atomic mass is 32.2. The second kappa shape index (κ2) is 4.80. The largest absolute Gasteiger partial charge is 0.368 e. The van der Waals surface area contributed by atoms with Gasteiger partial charge in [0.1, 0.15) is 11.6 Å². The summed E-state index contributed by atoms with van der Waals surface area (Å²) >= 11 is 1.81. The van der Waals surface area contributed by atoms with Crippen LogP contribution in [0.1, 0.15) is 53.2 Å². The van der Waals surface area contributed by atoms with Crippen molar-refractivity contribution in [3.63, 3.8) is 0 Å². The summed E-state index contributed by atoms with van der Waals surface area (Å²) in [7, 11) is 0. The molecule has 2 N–H and O–H groups in total. The Morgan fingerprint density at radius 3 is 2.06 bits per heavy atom. The monoisotopic (exact) mass is 254 g/mol. The molecule has 0 radical (unpaired) electrons. The van der Waals surface area contributed by atoms with Crippen LogP contribution >= 0.6 is 11.8 Å². The van der Waals surface area contributed by atoms with Gasteiger partial charge in [-0.05, 0) is 0 Å². The van der Waals surface area contributed by atoms with E-state index in [0.717, 1.165) is 17.4 Å². The van der Waals surface area contributed by atoms with Crippen LogP contribution in [0.5, 0.6) is 0 Å². The summed E-state index contributed by atoms with van der Waals surface area (Å²) < 4.78 is 0.198. The Bertz CT molecular complexity index is 390. The van der Waals surface area contributed by atoms with Gasteiger partial charge in [0.25, 0.3) is 0 Å². The first-order chi connectivity index (χ1) is 7.58. The van der Waals surface area contributed by atoms with Crippen molar-refractivity contribution < 1.29 is 0 Å². The third-order valence-corrected chi connectivity index (χ3v) is 3.27. The average Bonchev–Trinajstić information content (AvgIpc) is 2.11. The van der Waals surface area contributed by atoms with E-state index in [1.54, 1.807) is 11.8 Å². The molecule has 0 amide bonds. The van der Waals surface area contributed by atoms with Gasteiger partial charge in [0.2, 0.25) is 5.95 Å². The molecule has 1 heterocycles. The fourth-order valence-corrected chi connectivity index (χ4v) is 1.81. The van der Waals surface area contributed by atoms with Crippen LogP contribution < -0.4 is 5.73 Å². The van der Waals surface area contributed by atoms with E-state index in [1.165, 1.54) is 0 Å². The summed E-state index contributed by atoms with van der Waals surface area (Å²) in [5, 5.41) is 0. The second-order valence-electron chi connectivity index (χ2n) is 6.08. The van der Waals surface area contributed by atoms with Crippen LogP contribution in [0, 0.1) is 0 Å². The van der Waals surface area contributed by atoms with Gasteiger partial charge in [0.05, 0.1) is 5.75 Å². The summed E-state index contributed by atoms with van der Waals surface area (Å²) in [6.07, 6.45) is 0. The maximum atomic E-state index is 5.72. The van der Waals surface area contributed by atoms with Crippen LogP contribution in [0.15, 0.2) is 0 Å². The molecule has 1 aromatic heterocycles. The standard InChI is InChI=1S/C12H22N4S/c1-11(2,3)9-14-8(15-10(13)16-9)7-17-12(4,5)6/h7H2,1-6H3,(H2,13,14,15,16). The third kappa shape index (κ3) is 4.89. The number of hydrogen-bond acceptors (Lipinski definition) is 5. The third-order valence-electron chi connectivity index (χ3n) is 2.00. The lowest BCUT2D eigenvalue weighted by Crippen LogP contribution is -2.19. The number of hydrogen-bond donors (Lipinski definition) is 1. The molecule has 17 heavy (non-hydrogen) atoms. The fraction of sp³-hybridized carbons (Fsp3) is 0.750. The summed E-state index contributed by atoms with van der Waals surface area (Å²) in [6.45, 7) is 12.7. The molecule has 0 fully saturated rings. The normalized spacial score (nSPS) is 12.8. The van der Waals surface area contributed by atoms with Crippen LogP contribution in [0.4, 0.5) is 5.95 Å². The minimum atomic E-state index is -0.0990. The van der Waals surface area contributed by atoms with Crippen molar-refractivity contribution in [2.24, 2.45) is 0 Å². The maximum absolute atomic E-state index is 5.72. The minimum Gasteiger partial charge on any atom is -0.368 e. The Morgan fingerprint density at radius 1 is 1.00 bits per heavy atom. The molecule has 96 valence electrons. The van der Waals surface area contributed by atoms with Crippen LogP contribution in [0.2, 0.25) is 0 Å². The first kappa shape index (κ1) is 14.2. The molecule has 1 aromatic rings. The molecule has 0 saturated heterocycles. The summed E-state index contributed by atoms with van der Waals surface area (Å²) in [5.41, 5.74) is 5.62. The van der Waals surface area contributed by atoms with Crippen LogP contribution in [0.3, 0.4) is 0 Å². The van der Waals surface area contributed by atoms with Crippen molar-refractivity contribution in [2.45, 2.75) is 57.5 Å². The molecule has 0 aromatic carbocycles. The minimum absolute atomic E-state index is 0.0990.